The second-order valence-corrected chi connectivity index (χ2v) is 10.8. The number of urea groups is 1. The Balaban J connectivity index is 1.37. The number of ether oxygens (including phenoxy) is 1. The highest BCUT2D eigenvalue weighted by Gasteiger charge is 2.55. The summed E-state index contributed by atoms with van der Waals surface area (Å²) in [5.74, 6) is -0.404. The summed E-state index contributed by atoms with van der Waals surface area (Å²) >= 11 is 0. The Hall–Kier alpha value is -3.69. The lowest BCUT2D eigenvalue weighted by Crippen LogP contribution is -2.70. The van der Waals surface area contributed by atoms with E-state index in [2.05, 4.69) is 40.8 Å². The quantitative estimate of drug-likeness (QED) is 0.331. The number of amides is 5. The summed E-state index contributed by atoms with van der Waals surface area (Å²) in [6.45, 7) is 3.61. The number of nitrogens with one attached hydrogen (secondary N) is 2. The lowest BCUT2D eigenvalue weighted by Gasteiger charge is -2.47. The van der Waals surface area contributed by atoms with Crippen molar-refractivity contribution >= 4 is 29.8 Å². The first-order chi connectivity index (χ1) is 19.4. The normalized spacial score (nSPS) is 23.9. The van der Waals surface area contributed by atoms with Gasteiger partial charge in [0, 0.05) is 26.3 Å². The molecule has 40 heavy (non-hydrogen) atoms. The van der Waals surface area contributed by atoms with Crippen LogP contribution < -0.4 is 10.6 Å². The van der Waals surface area contributed by atoms with E-state index in [9.17, 15) is 19.2 Å². The molecule has 0 radical (unpaired) electrons. The van der Waals surface area contributed by atoms with Gasteiger partial charge in [0.15, 0.2) is 0 Å². The second-order valence-electron chi connectivity index (χ2n) is 10.8. The number of anilines is 1. The number of hydrogen-bond donors (Lipinski definition) is 2. The number of rotatable bonds is 10. The standard InChI is InChI=1S/C30H41N5O5/c1-3-4-5-9-17-40-29(38)33-25-19-21(14-15-32-25)18-24-26(27(36)31-2)35(28(24)37)30(39)34-16-10-13-23(20-34)22-11-7-6-8-12-22/h6-8,11,14-15,19,22-24,26H,3-5,9-10,12-13,16-18,20H2,1-2H3,(H,31,36)(H,32,33,38)/t22?,23-,24-,26+/m1/s1. The highest BCUT2D eigenvalue weighted by molar-refractivity contribution is 6.09. The number of allylic oxidation sites excluding steroid dienone is 4. The predicted octanol–water partition coefficient (Wildman–Crippen LogP) is 4.29. The first kappa shape index (κ1) is 29.3. The Labute approximate surface area is 236 Å². The van der Waals surface area contributed by atoms with Crippen LogP contribution in [0, 0.1) is 17.8 Å². The highest BCUT2D eigenvalue weighted by Crippen LogP contribution is 2.34. The van der Waals surface area contributed by atoms with Crippen molar-refractivity contribution in [3.05, 3.63) is 48.2 Å². The minimum Gasteiger partial charge on any atom is -0.449 e. The predicted molar refractivity (Wildman–Crippen MR) is 151 cm³/mol. The molecule has 10 nitrogen and oxygen atoms in total. The molecule has 0 bridgehead atoms. The van der Waals surface area contributed by atoms with Gasteiger partial charge in [-0.25, -0.2) is 14.6 Å². The van der Waals surface area contributed by atoms with E-state index in [0.717, 1.165) is 55.4 Å². The molecular weight excluding hydrogens is 510 g/mol. The van der Waals surface area contributed by atoms with Crippen LogP contribution >= 0.6 is 0 Å². The number of hydrogen-bond acceptors (Lipinski definition) is 6. The summed E-state index contributed by atoms with van der Waals surface area (Å²) in [5, 5.41) is 5.24. The molecule has 10 heteroatoms. The van der Waals surface area contributed by atoms with Crippen molar-refractivity contribution in [1.29, 1.82) is 0 Å². The van der Waals surface area contributed by atoms with Crippen LogP contribution in [-0.2, 0) is 20.7 Å². The van der Waals surface area contributed by atoms with Gasteiger partial charge in [0.2, 0.25) is 11.8 Å². The molecule has 2 fully saturated rings. The topological polar surface area (TPSA) is 121 Å². The van der Waals surface area contributed by atoms with E-state index in [1.165, 1.54) is 13.2 Å². The molecule has 2 aliphatic heterocycles. The third kappa shape index (κ3) is 7.08. The zero-order valence-electron chi connectivity index (χ0n) is 23.5. The first-order valence-corrected chi connectivity index (χ1v) is 14.5. The van der Waals surface area contributed by atoms with E-state index in [1.807, 2.05) is 6.08 Å². The average Bonchev–Trinajstić information content (AvgIpc) is 2.98. The van der Waals surface area contributed by atoms with Crippen LogP contribution in [0.15, 0.2) is 42.6 Å². The summed E-state index contributed by atoms with van der Waals surface area (Å²) in [6, 6.07) is 2.12. The zero-order valence-corrected chi connectivity index (χ0v) is 23.5. The SMILES string of the molecule is CCCCCCOC(=O)Nc1cc(C[C@H]2C(=O)N(C(=O)N3CCC[C@@H](C4C=CC=CC4)C3)[C@@H]2C(=O)NC)ccn1. The van der Waals surface area contributed by atoms with Gasteiger partial charge < -0.3 is 15.0 Å². The lowest BCUT2D eigenvalue weighted by molar-refractivity contribution is -0.158. The van der Waals surface area contributed by atoms with Crippen molar-refractivity contribution in [2.45, 2.75) is 64.3 Å². The van der Waals surface area contributed by atoms with E-state index in [4.69, 9.17) is 4.74 Å². The number of β-lactam (4-membered cyclic amide) rings is 1. The summed E-state index contributed by atoms with van der Waals surface area (Å²) < 4.78 is 5.22. The second kappa shape index (κ2) is 14.1. The van der Waals surface area contributed by atoms with Gasteiger partial charge in [-0.1, -0.05) is 50.5 Å². The summed E-state index contributed by atoms with van der Waals surface area (Å²) in [4.78, 5) is 58.8. The Bertz CT molecular complexity index is 1140. The molecule has 2 saturated heterocycles. The molecule has 0 aromatic carbocycles. The molecule has 0 spiro atoms. The van der Waals surface area contributed by atoms with Crippen LogP contribution in [0.2, 0.25) is 0 Å². The van der Waals surface area contributed by atoms with Crippen LogP contribution in [0.1, 0.15) is 57.4 Å². The van der Waals surface area contributed by atoms with Crippen molar-refractivity contribution < 1.29 is 23.9 Å². The molecule has 1 aliphatic carbocycles. The maximum Gasteiger partial charge on any atom is 0.412 e. The number of likely N-dealkylation sites (tertiary alicyclic amines) is 2. The van der Waals surface area contributed by atoms with Crippen molar-refractivity contribution in [2.24, 2.45) is 17.8 Å². The minimum atomic E-state index is -0.888. The lowest BCUT2D eigenvalue weighted by atomic mass is 9.80. The van der Waals surface area contributed by atoms with E-state index < -0.39 is 24.1 Å². The Morgan fingerprint density at radius 2 is 2.02 bits per heavy atom. The highest BCUT2D eigenvalue weighted by atomic mass is 16.5. The van der Waals surface area contributed by atoms with Crippen LogP contribution in [0.3, 0.4) is 0 Å². The Morgan fingerprint density at radius 1 is 1.18 bits per heavy atom. The van der Waals surface area contributed by atoms with Gasteiger partial charge in [-0.2, -0.15) is 0 Å². The largest absolute Gasteiger partial charge is 0.449 e. The van der Waals surface area contributed by atoms with E-state index in [-0.39, 0.29) is 18.2 Å². The monoisotopic (exact) mass is 551 g/mol. The fourth-order valence-electron chi connectivity index (χ4n) is 5.80. The van der Waals surface area contributed by atoms with Crippen LogP contribution in [0.4, 0.5) is 15.4 Å². The first-order valence-electron chi connectivity index (χ1n) is 14.5. The minimum absolute atomic E-state index is 0.242. The molecule has 3 aliphatic rings. The van der Waals surface area contributed by atoms with E-state index in [1.54, 1.807) is 17.0 Å². The van der Waals surface area contributed by atoms with Gasteiger partial charge >= 0.3 is 12.1 Å². The van der Waals surface area contributed by atoms with Crippen molar-refractivity contribution in [3.8, 4) is 0 Å². The smallest absolute Gasteiger partial charge is 0.412 e. The molecule has 1 unspecified atom stereocenters. The maximum absolute atomic E-state index is 13.5. The maximum atomic E-state index is 13.5. The van der Waals surface area contributed by atoms with Crippen molar-refractivity contribution in [1.82, 2.24) is 20.1 Å². The van der Waals surface area contributed by atoms with E-state index in [0.29, 0.717) is 37.4 Å². The number of likely N-dealkylation sites (N-methyl/N-ethyl adjacent to an activating group) is 1. The number of imide groups is 1. The Kier molecular flexibility index (Phi) is 10.3. The van der Waals surface area contributed by atoms with Crippen molar-refractivity contribution in [3.63, 3.8) is 0 Å². The third-order valence-electron chi connectivity index (χ3n) is 8.02. The molecule has 1 aromatic heterocycles. The number of unbranched alkanes of at least 4 members (excludes halogenated alkanes) is 3. The summed E-state index contributed by atoms with van der Waals surface area (Å²) in [7, 11) is 1.51. The third-order valence-corrected chi connectivity index (χ3v) is 8.02. The van der Waals surface area contributed by atoms with Crippen LogP contribution in [-0.4, -0.2) is 71.5 Å². The molecule has 0 saturated carbocycles. The van der Waals surface area contributed by atoms with Gasteiger partial charge in [0.05, 0.1) is 12.5 Å². The van der Waals surface area contributed by atoms with Gasteiger partial charge in [0.1, 0.15) is 11.9 Å². The fraction of sp³-hybridized carbons (Fsp3) is 0.567. The number of piperidine rings is 1. The number of nitrogens with zero attached hydrogens (tertiary/aromatic N) is 3. The van der Waals surface area contributed by atoms with Crippen LogP contribution in [0.25, 0.3) is 0 Å². The molecule has 1 aromatic rings. The van der Waals surface area contributed by atoms with Gasteiger partial charge in [-0.15, -0.1) is 0 Å². The number of carbonyl (C=O) groups is 4. The average molecular weight is 552 g/mol. The molecule has 3 heterocycles. The number of aromatic nitrogens is 1. The molecule has 2 N–H and O–H groups in total. The number of pyridine rings is 1. The number of carbonyl (C=O) groups excluding carboxylic acids is 4. The molecule has 5 amide bonds. The van der Waals surface area contributed by atoms with Gasteiger partial charge in [-0.05, 0) is 61.6 Å². The molecular formula is C30H41N5O5. The Morgan fingerprint density at radius 3 is 2.77 bits per heavy atom. The molecule has 4 atom stereocenters. The van der Waals surface area contributed by atoms with Crippen molar-refractivity contribution in [2.75, 3.05) is 32.1 Å². The van der Waals surface area contributed by atoms with E-state index >= 15 is 0 Å². The fourth-order valence-corrected chi connectivity index (χ4v) is 5.80. The molecule has 4 rings (SSSR count). The summed E-state index contributed by atoms with van der Waals surface area (Å²) in [6.07, 6.45) is 16.5. The van der Waals surface area contributed by atoms with Gasteiger partial charge in [-0.3, -0.25) is 19.8 Å². The molecule has 216 valence electrons. The van der Waals surface area contributed by atoms with Crippen LogP contribution in [0.5, 0.6) is 0 Å². The van der Waals surface area contributed by atoms with Gasteiger partial charge in [0.25, 0.3) is 0 Å². The zero-order chi connectivity index (χ0) is 28.5. The summed E-state index contributed by atoms with van der Waals surface area (Å²) in [5.41, 5.74) is 0.725.